The Morgan fingerprint density at radius 2 is 1.67 bits per heavy atom. The summed E-state index contributed by atoms with van der Waals surface area (Å²) in [5.41, 5.74) is -0.685. The van der Waals surface area contributed by atoms with Crippen LogP contribution < -0.4 is 0 Å². The zero-order chi connectivity index (χ0) is 13.3. The lowest BCUT2D eigenvalue weighted by Gasteiger charge is -2.13. The Labute approximate surface area is 104 Å². The van der Waals surface area contributed by atoms with E-state index >= 15 is 0 Å². The van der Waals surface area contributed by atoms with Gasteiger partial charge in [0, 0.05) is 5.56 Å². The van der Waals surface area contributed by atoms with Crippen LogP contribution in [0.2, 0.25) is 0 Å². The molecular weight excluding hydrogens is 236 g/mol. The molecule has 1 aromatic rings. The first-order chi connectivity index (χ1) is 8.57. The van der Waals surface area contributed by atoms with Gasteiger partial charge >= 0.3 is 11.9 Å². The van der Waals surface area contributed by atoms with Crippen LogP contribution in [0.25, 0.3) is 5.57 Å². The Bertz CT molecular complexity index is 528. The highest BCUT2D eigenvalue weighted by molar-refractivity contribution is 6.23. The molecule has 0 aromatic heterocycles. The second kappa shape index (κ2) is 4.18. The first kappa shape index (κ1) is 12.2. The van der Waals surface area contributed by atoms with Gasteiger partial charge in [-0.3, -0.25) is 9.59 Å². The molecule has 5 heteroatoms. The Kier molecular flexibility index (Phi) is 2.82. The third-order valence-electron chi connectivity index (χ3n) is 2.91. The molecule has 0 amide bonds. The number of phenolic OH excluding ortho intramolecular Hbond substituents is 1. The molecule has 0 saturated carbocycles. The lowest BCUT2D eigenvalue weighted by Crippen LogP contribution is -2.31. The standard InChI is InChI=1S/C13H12O5/c1-17-11(15)13(12(16)18-2)7-9(13)8-5-3-4-6-10(8)14/h3-7,14H,1-2H3. The number of ether oxygens (including phenoxy) is 2. The van der Waals surface area contributed by atoms with Crippen molar-refractivity contribution >= 4 is 17.5 Å². The van der Waals surface area contributed by atoms with Gasteiger partial charge in [0.25, 0.3) is 0 Å². The summed E-state index contributed by atoms with van der Waals surface area (Å²) >= 11 is 0. The van der Waals surface area contributed by atoms with Crippen LogP contribution in [0.1, 0.15) is 5.56 Å². The summed E-state index contributed by atoms with van der Waals surface area (Å²) in [7, 11) is 2.39. The van der Waals surface area contributed by atoms with Gasteiger partial charge in [-0.1, -0.05) is 18.2 Å². The molecule has 1 aliphatic carbocycles. The highest BCUT2D eigenvalue weighted by Crippen LogP contribution is 2.54. The van der Waals surface area contributed by atoms with Gasteiger partial charge in [-0.25, -0.2) is 0 Å². The van der Waals surface area contributed by atoms with Crippen LogP contribution in [0.3, 0.4) is 0 Å². The van der Waals surface area contributed by atoms with Crippen molar-refractivity contribution in [1.82, 2.24) is 0 Å². The number of hydrogen-bond donors (Lipinski definition) is 1. The lowest BCUT2D eigenvalue weighted by atomic mass is 9.96. The molecule has 0 aliphatic heterocycles. The van der Waals surface area contributed by atoms with Crippen molar-refractivity contribution in [2.75, 3.05) is 14.2 Å². The third kappa shape index (κ3) is 1.55. The topological polar surface area (TPSA) is 72.8 Å². The van der Waals surface area contributed by atoms with Crippen LogP contribution >= 0.6 is 0 Å². The van der Waals surface area contributed by atoms with Crippen LogP contribution in [-0.4, -0.2) is 31.3 Å². The molecule has 0 saturated heterocycles. The van der Waals surface area contributed by atoms with E-state index in [2.05, 4.69) is 9.47 Å². The van der Waals surface area contributed by atoms with Crippen molar-refractivity contribution in [3.63, 3.8) is 0 Å². The first-order valence-electron chi connectivity index (χ1n) is 5.26. The smallest absolute Gasteiger partial charge is 0.331 e. The van der Waals surface area contributed by atoms with E-state index in [0.717, 1.165) is 0 Å². The second-order valence-electron chi connectivity index (χ2n) is 3.87. The summed E-state index contributed by atoms with van der Waals surface area (Å²) in [6.45, 7) is 0. The minimum absolute atomic E-state index is 0.00145. The number of carbonyl (C=O) groups excluding carboxylic acids is 2. The van der Waals surface area contributed by atoms with Gasteiger partial charge in [-0.05, 0) is 17.7 Å². The van der Waals surface area contributed by atoms with E-state index in [1.165, 1.54) is 26.4 Å². The number of aromatic hydroxyl groups is 1. The molecule has 1 N–H and O–H groups in total. The maximum absolute atomic E-state index is 11.7. The van der Waals surface area contributed by atoms with Gasteiger partial charge in [0.15, 0.2) is 0 Å². The number of phenols is 1. The average Bonchev–Trinajstić information content (AvgIpc) is 3.14. The van der Waals surface area contributed by atoms with Crippen molar-refractivity contribution in [3.8, 4) is 5.75 Å². The number of rotatable bonds is 3. The maximum atomic E-state index is 11.7. The fourth-order valence-corrected chi connectivity index (χ4v) is 1.92. The summed E-state index contributed by atoms with van der Waals surface area (Å²) in [6, 6.07) is 6.45. The van der Waals surface area contributed by atoms with Crippen LogP contribution in [0, 0.1) is 5.41 Å². The Morgan fingerprint density at radius 3 is 2.17 bits per heavy atom. The number of esters is 2. The summed E-state index contributed by atoms with van der Waals surface area (Å²) in [5, 5.41) is 9.72. The molecular formula is C13H12O5. The van der Waals surface area contributed by atoms with Crippen LogP contribution in [0.15, 0.2) is 30.3 Å². The Morgan fingerprint density at radius 1 is 1.11 bits per heavy atom. The van der Waals surface area contributed by atoms with Gasteiger partial charge in [-0.15, -0.1) is 0 Å². The van der Waals surface area contributed by atoms with E-state index in [-0.39, 0.29) is 5.75 Å². The monoisotopic (exact) mass is 248 g/mol. The number of methoxy groups -OCH3 is 2. The molecule has 0 fully saturated rings. The van der Waals surface area contributed by atoms with Gasteiger partial charge in [0.1, 0.15) is 5.75 Å². The molecule has 0 spiro atoms. The molecule has 0 bridgehead atoms. The summed E-state index contributed by atoms with van der Waals surface area (Å²) in [6.07, 6.45) is 1.43. The molecule has 94 valence electrons. The summed E-state index contributed by atoms with van der Waals surface area (Å²) < 4.78 is 9.24. The van der Waals surface area contributed by atoms with E-state index in [9.17, 15) is 14.7 Å². The Balaban J connectivity index is 2.39. The molecule has 0 heterocycles. The number of carbonyl (C=O) groups is 2. The first-order valence-corrected chi connectivity index (χ1v) is 5.26. The van der Waals surface area contributed by atoms with Crippen molar-refractivity contribution in [1.29, 1.82) is 0 Å². The van der Waals surface area contributed by atoms with Crippen LogP contribution in [0.5, 0.6) is 5.75 Å². The fraction of sp³-hybridized carbons (Fsp3) is 0.231. The van der Waals surface area contributed by atoms with E-state index in [1.54, 1.807) is 18.2 Å². The molecule has 2 rings (SSSR count). The van der Waals surface area contributed by atoms with Crippen molar-refractivity contribution in [2.45, 2.75) is 0 Å². The average molecular weight is 248 g/mol. The van der Waals surface area contributed by atoms with Crippen molar-refractivity contribution in [2.24, 2.45) is 5.41 Å². The molecule has 0 atom stereocenters. The normalized spacial score (nSPS) is 15.6. The van der Waals surface area contributed by atoms with E-state index in [0.29, 0.717) is 11.1 Å². The predicted molar refractivity (Wildman–Crippen MR) is 62.5 cm³/mol. The molecule has 0 unspecified atom stereocenters. The van der Waals surface area contributed by atoms with Crippen molar-refractivity contribution < 1.29 is 24.2 Å². The highest BCUT2D eigenvalue weighted by Gasteiger charge is 2.60. The quantitative estimate of drug-likeness (QED) is 0.641. The van der Waals surface area contributed by atoms with Crippen molar-refractivity contribution in [3.05, 3.63) is 35.9 Å². The van der Waals surface area contributed by atoms with E-state index in [1.807, 2.05) is 0 Å². The Hall–Kier alpha value is -2.30. The largest absolute Gasteiger partial charge is 0.507 e. The molecule has 18 heavy (non-hydrogen) atoms. The third-order valence-corrected chi connectivity index (χ3v) is 2.91. The second-order valence-corrected chi connectivity index (χ2v) is 3.87. The summed E-state index contributed by atoms with van der Waals surface area (Å²) in [4.78, 5) is 23.5. The molecule has 5 nitrogen and oxygen atoms in total. The zero-order valence-corrected chi connectivity index (χ0v) is 9.97. The number of para-hydroxylation sites is 1. The maximum Gasteiger partial charge on any atom is 0.331 e. The highest BCUT2D eigenvalue weighted by atomic mass is 16.5. The van der Waals surface area contributed by atoms with Crippen LogP contribution in [0.4, 0.5) is 0 Å². The number of benzene rings is 1. The van der Waals surface area contributed by atoms with E-state index < -0.39 is 17.4 Å². The zero-order valence-electron chi connectivity index (χ0n) is 9.97. The molecule has 1 aromatic carbocycles. The van der Waals surface area contributed by atoms with Crippen LogP contribution in [-0.2, 0) is 19.1 Å². The SMILES string of the molecule is COC(=O)C1(C(=O)OC)C=C1c1ccccc1O. The minimum atomic E-state index is -1.51. The van der Waals surface area contributed by atoms with Gasteiger partial charge in [0.05, 0.1) is 14.2 Å². The number of hydrogen-bond acceptors (Lipinski definition) is 5. The fourth-order valence-electron chi connectivity index (χ4n) is 1.92. The molecule has 1 aliphatic rings. The minimum Gasteiger partial charge on any atom is -0.507 e. The predicted octanol–water partition coefficient (Wildman–Crippen LogP) is 1.12. The van der Waals surface area contributed by atoms with Gasteiger partial charge in [-0.2, -0.15) is 0 Å². The van der Waals surface area contributed by atoms with Gasteiger partial charge in [0.2, 0.25) is 5.41 Å². The summed E-state index contributed by atoms with van der Waals surface area (Å²) in [5.74, 6) is -1.43. The lowest BCUT2D eigenvalue weighted by molar-refractivity contribution is -0.158. The van der Waals surface area contributed by atoms with Gasteiger partial charge < -0.3 is 14.6 Å². The van der Waals surface area contributed by atoms with E-state index in [4.69, 9.17) is 0 Å². The molecule has 0 radical (unpaired) electrons.